The van der Waals surface area contributed by atoms with Gasteiger partial charge in [-0.05, 0) is 13.8 Å². The number of ether oxygens (including phenoxy) is 1. The lowest BCUT2D eigenvalue weighted by Crippen LogP contribution is -2.51. The van der Waals surface area contributed by atoms with Crippen molar-refractivity contribution in [1.82, 2.24) is 0 Å². The molecule has 66 valence electrons. The molecule has 0 radical (unpaired) electrons. The van der Waals surface area contributed by atoms with E-state index in [0.29, 0.717) is 0 Å². The summed E-state index contributed by atoms with van der Waals surface area (Å²) in [5.41, 5.74) is 0. The standard InChI is InChI=1S/C8H16O3/c1-4-5(2)11-6(3)8(10)7(4)9/h4-10H,1-3H3/t4-,5+,6+,7+,8-/m0/s1. The van der Waals surface area contributed by atoms with Crippen LogP contribution in [0.2, 0.25) is 0 Å². The van der Waals surface area contributed by atoms with Gasteiger partial charge in [0.15, 0.2) is 0 Å². The van der Waals surface area contributed by atoms with Crippen molar-refractivity contribution in [2.45, 2.75) is 45.2 Å². The molecule has 1 saturated heterocycles. The van der Waals surface area contributed by atoms with E-state index in [2.05, 4.69) is 0 Å². The van der Waals surface area contributed by atoms with Crippen molar-refractivity contribution in [3.8, 4) is 0 Å². The summed E-state index contributed by atoms with van der Waals surface area (Å²) in [7, 11) is 0. The van der Waals surface area contributed by atoms with Crippen molar-refractivity contribution in [2.75, 3.05) is 0 Å². The van der Waals surface area contributed by atoms with Crippen LogP contribution in [0.3, 0.4) is 0 Å². The maximum atomic E-state index is 9.46. The molecular formula is C8H16O3. The van der Waals surface area contributed by atoms with E-state index in [1.807, 2.05) is 13.8 Å². The maximum Gasteiger partial charge on any atom is 0.106 e. The summed E-state index contributed by atoms with van der Waals surface area (Å²) >= 11 is 0. The zero-order valence-electron chi connectivity index (χ0n) is 7.19. The Morgan fingerprint density at radius 3 is 2.00 bits per heavy atom. The van der Waals surface area contributed by atoms with Gasteiger partial charge in [-0.2, -0.15) is 0 Å². The van der Waals surface area contributed by atoms with Gasteiger partial charge in [-0.25, -0.2) is 0 Å². The highest BCUT2D eigenvalue weighted by molar-refractivity contribution is 4.86. The molecule has 0 aromatic rings. The molecule has 1 aliphatic rings. The molecule has 11 heavy (non-hydrogen) atoms. The molecule has 0 unspecified atom stereocenters. The number of aliphatic hydroxyl groups is 2. The lowest BCUT2D eigenvalue weighted by Gasteiger charge is -2.38. The Kier molecular flexibility index (Phi) is 2.52. The number of aliphatic hydroxyl groups excluding tert-OH is 2. The first-order chi connectivity index (χ1) is 5.04. The van der Waals surface area contributed by atoms with Crippen LogP contribution >= 0.6 is 0 Å². The zero-order chi connectivity index (χ0) is 8.59. The zero-order valence-corrected chi connectivity index (χ0v) is 7.19. The monoisotopic (exact) mass is 160 g/mol. The fraction of sp³-hybridized carbons (Fsp3) is 1.00. The molecule has 0 aromatic heterocycles. The van der Waals surface area contributed by atoms with Crippen molar-refractivity contribution in [1.29, 1.82) is 0 Å². The van der Waals surface area contributed by atoms with Crippen LogP contribution < -0.4 is 0 Å². The van der Waals surface area contributed by atoms with Gasteiger partial charge in [-0.15, -0.1) is 0 Å². The van der Waals surface area contributed by atoms with E-state index in [-0.39, 0.29) is 18.1 Å². The summed E-state index contributed by atoms with van der Waals surface area (Å²) in [5.74, 6) is 0.0150. The minimum atomic E-state index is -0.735. The average Bonchev–Trinajstić information content (AvgIpc) is 1.97. The van der Waals surface area contributed by atoms with Gasteiger partial charge in [0.25, 0.3) is 0 Å². The van der Waals surface area contributed by atoms with Crippen LogP contribution in [0.5, 0.6) is 0 Å². The van der Waals surface area contributed by atoms with Crippen LogP contribution in [0.1, 0.15) is 20.8 Å². The van der Waals surface area contributed by atoms with Crippen molar-refractivity contribution in [3.05, 3.63) is 0 Å². The molecule has 0 aromatic carbocycles. The van der Waals surface area contributed by atoms with Crippen molar-refractivity contribution in [2.24, 2.45) is 5.92 Å². The van der Waals surface area contributed by atoms with Crippen LogP contribution in [-0.2, 0) is 4.74 Å². The van der Waals surface area contributed by atoms with Crippen molar-refractivity contribution in [3.63, 3.8) is 0 Å². The summed E-state index contributed by atoms with van der Waals surface area (Å²) in [5, 5.41) is 18.8. The van der Waals surface area contributed by atoms with Crippen molar-refractivity contribution >= 4 is 0 Å². The molecule has 0 amide bonds. The lowest BCUT2D eigenvalue weighted by atomic mass is 9.89. The third kappa shape index (κ3) is 1.55. The second-order valence-electron chi connectivity index (χ2n) is 3.39. The Morgan fingerprint density at radius 2 is 1.45 bits per heavy atom. The van der Waals surface area contributed by atoms with Crippen LogP contribution in [0, 0.1) is 5.92 Å². The molecule has 1 rings (SSSR count). The Balaban J connectivity index is 2.63. The van der Waals surface area contributed by atoms with Gasteiger partial charge >= 0.3 is 0 Å². The van der Waals surface area contributed by atoms with Crippen molar-refractivity contribution < 1.29 is 14.9 Å². The third-order valence-corrected chi connectivity index (χ3v) is 2.54. The second-order valence-corrected chi connectivity index (χ2v) is 3.39. The SMILES string of the molecule is C[C@@H]1[C@@H](O)[C@@H](O)[C@@H](C)O[C@@H]1C. The van der Waals surface area contributed by atoms with E-state index in [4.69, 9.17) is 4.74 Å². The van der Waals surface area contributed by atoms with E-state index < -0.39 is 12.2 Å². The first kappa shape index (κ1) is 8.97. The molecule has 0 saturated carbocycles. The number of hydrogen-bond donors (Lipinski definition) is 2. The topological polar surface area (TPSA) is 49.7 Å². The van der Waals surface area contributed by atoms with Gasteiger partial charge in [-0.3, -0.25) is 0 Å². The molecular weight excluding hydrogens is 144 g/mol. The predicted molar refractivity (Wildman–Crippen MR) is 41.2 cm³/mol. The minimum absolute atomic E-state index is 0.0150. The molecule has 0 spiro atoms. The van der Waals surface area contributed by atoms with E-state index in [0.717, 1.165) is 0 Å². The van der Waals surface area contributed by atoms with Gasteiger partial charge < -0.3 is 14.9 Å². The smallest absolute Gasteiger partial charge is 0.106 e. The summed E-state index contributed by atoms with van der Waals surface area (Å²) in [6, 6.07) is 0. The molecule has 1 aliphatic heterocycles. The first-order valence-corrected chi connectivity index (χ1v) is 4.05. The van der Waals surface area contributed by atoms with Gasteiger partial charge in [0, 0.05) is 5.92 Å². The second kappa shape index (κ2) is 3.09. The highest BCUT2D eigenvalue weighted by Gasteiger charge is 2.37. The average molecular weight is 160 g/mol. The third-order valence-electron chi connectivity index (χ3n) is 2.54. The normalized spacial score (nSPS) is 52.6. The van der Waals surface area contributed by atoms with Crippen LogP contribution in [-0.4, -0.2) is 34.6 Å². The first-order valence-electron chi connectivity index (χ1n) is 4.05. The van der Waals surface area contributed by atoms with Crippen LogP contribution in [0.15, 0.2) is 0 Å². The maximum absolute atomic E-state index is 9.46. The Hall–Kier alpha value is -0.120. The van der Waals surface area contributed by atoms with E-state index in [1.54, 1.807) is 6.92 Å². The highest BCUT2D eigenvalue weighted by Crippen LogP contribution is 2.24. The highest BCUT2D eigenvalue weighted by atomic mass is 16.5. The molecule has 5 atom stereocenters. The number of hydrogen-bond acceptors (Lipinski definition) is 3. The quantitative estimate of drug-likeness (QED) is 0.530. The molecule has 0 aliphatic carbocycles. The predicted octanol–water partition coefficient (Wildman–Crippen LogP) is 0.151. The molecule has 1 heterocycles. The molecule has 1 fully saturated rings. The summed E-state index contributed by atoms with van der Waals surface area (Å²) < 4.78 is 5.37. The summed E-state index contributed by atoms with van der Waals surface area (Å²) in [4.78, 5) is 0. The fourth-order valence-electron chi connectivity index (χ4n) is 1.41. The lowest BCUT2D eigenvalue weighted by molar-refractivity contribution is -0.184. The van der Waals surface area contributed by atoms with Gasteiger partial charge in [0.05, 0.1) is 18.3 Å². The molecule has 3 heteroatoms. The minimum Gasteiger partial charge on any atom is -0.390 e. The largest absolute Gasteiger partial charge is 0.390 e. The van der Waals surface area contributed by atoms with Gasteiger partial charge in [-0.1, -0.05) is 6.92 Å². The Morgan fingerprint density at radius 1 is 0.909 bits per heavy atom. The summed E-state index contributed by atoms with van der Waals surface area (Å²) in [6.07, 6.45) is -1.60. The Labute approximate surface area is 67.0 Å². The van der Waals surface area contributed by atoms with E-state index >= 15 is 0 Å². The molecule has 0 bridgehead atoms. The Bertz CT molecular complexity index is 123. The van der Waals surface area contributed by atoms with Gasteiger partial charge in [0.2, 0.25) is 0 Å². The molecule has 2 N–H and O–H groups in total. The van der Waals surface area contributed by atoms with Crippen LogP contribution in [0.4, 0.5) is 0 Å². The summed E-state index contributed by atoms with van der Waals surface area (Å²) in [6.45, 7) is 5.57. The molecule has 3 nitrogen and oxygen atoms in total. The van der Waals surface area contributed by atoms with Crippen LogP contribution in [0.25, 0.3) is 0 Å². The van der Waals surface area contributed by atoms with Gasteiger partial charge in [0.1, 0.15) is 6.10 Å². The number of rotatable bonds is 0. The van der Waals surface area contributed by atoms with E-state index in [9.17, 15) is 10.2 Å². The van der Waals surface area contributed by atoms with E-state index in [1.165, 1.54) is 0 Å². The fourth-order valence-corrected chi connectivity index (χ4v) is 1.41.